The predicted octanol–water partition coefficient (Wildman–Crippen LogP) is 1.13. The van der Waals surface area contributed by atoms with Gasteiger partial charge in [-0.3, -0.25) is 0 Å². The van der Waals surface area contributed by atoms with Crippen molar-refractivity contribution >= 4 is 11.6 Å². The zero-order chi connectivity index (χ0) is 11.5. The van der Waals surface area contributed by atoms with E-state index in [2.05, 4.69) is 34.0 Å². The molecular formula is C11H18N4O. The van der Waals surface area contributed by atoms with Gasteiger partial charge in [-0.25, -0.2) is 9.97 Å². The van der Waals surface area contributed by atoms with Crippen LogP contribution in [-0.2, 0) is 4.74 Å². The first-order valence-corrected chi connectivity index (χ1v) is 5.59. The average molecular weight is 222 g/mol. The quantitative estimate of drug-likeness (QED) is 0.813. The van der Waals surface area contributed by atoms with Crippen molar-refractivity contribution in [1.29, 1.82) is 0 Å². The minimum atomic E-state index is 0.247. The van der Waals surface area contributed by atoms with E-state index in [9.17, 15) is 0 Å². The lowest BCUT2D eigenvalue weighted by Crippen LogP contribution is -2.45. The third kappa shape index (κ3) is 2.41. The van der Waals surface area contributed by atoms with E-state index in [4.69, 9.17) is 4.74 Å². The molecule has 2 heterocycles. The number of anilines is 2. The highest BCUT2D eigenvalue weighted by Crippen LogP contribution is 2.19. The van der Waals surface area contributed by atoms with Crippen molar-refractivity contribution in [3.63, 3.8) is 0 Å². The molecule has 0 aromatic carbocycles. The van der Waals surface area contributed by atoms with Crippen molar-refractivity contribution in [2.24, 2.45) is 0 Å². The number of morpholine rings is 1. The first-order chi connectivity index (χ1) is 7.69. The summed E-state index contributed by atoms with van der Waals surface area (Å²) in [6, 6.07) is 1.96. The number of aromatic nitrogens is 2. The van der Waals surface area contributed by atoms with Crippen LogP contribution in [0.2, 0.25) is 0 Å². The topological polar surface area (TPSA) is 50.3 Å². The maximum atomic E-state index is 5.69. The van der Waals surface area contributed by atoms with Gasteiger partial charge in [0.1, 0.15) is 18.0 Å². The van der Waals surface area contributed by atoms with Gasteiger partial charge in [0.15, 0.2) is 0 Å². The van der Waals surface area contributed by atoms with Gasteiger partial charge in [-0.15, -0.1) is 0 Å². The van der Waals surface area contributed by atoms with Crippen molar-refractivity contribution in [3.05, 3.63) is 12.4 Å². The average Bonchev–Trinajstić information content (AvgIpc) is 2.28. The van der Waals surface area contributed by atoms with Crippen LogP contribution in [0.25, 0.3) is 0 Å². The Labute approximate surface area is 95.8 Å². The fourth-order valence-electron chi connectivity index (χ4n) is 2.02. The smallest absolute Gasteiger partial charge is 0.134 e. The Morgan fingerprint density at radius 2 is 2.00 bits per heavy atom. The zero-order valence-corrected chi connectivity index (χ0v) is 9.97. The summed E-state index contributed by atoms with van der Waals surface area (Å²) in [7, 11) is 1.86. The van der Waals surface area contributed by atoms with Crippen LogP contribution in [0.15, 0.2) is 12.4 Å². The van der Waals surface area contributed by atoms with E-state index in [-0.39, 0.29) is 12.2 Å². The molecule has 5 heteroatoms. The molecule has 1 aromatic rings. The van der Waals surface area contributed by atoms with E-state index in [0.29, 0.717) is 0 Å². The lowest BCUT2D eigenvalue weighted by atomic mass is 10.2. The maximum Gasteiger partial charge on any atom is 0.134 e. The lowest BCUT2D eigenvalue weighted by Gasteiger charge is -2.36. The predicted molar refractivity (Wildman–Crippen MR) is 63.8 cm³/mol. The second kappa shape index (κ2) is 4.65. The fraction of sp³-hybridized carbons (Fsp3) is 0.636. The van der Waals surface area contributed by atoms with Gasteiger partial charge in [-0.05, 0) is 13.8 Å². The van der Waals surface area contributed by atoms with E-state index < -0.39 is 0 Å². The van der Waals surface area contributed by atoms with Gasteiger partial charge in [0.2, 0.25) is 0 Å². The minimum Gasteiger partial charge on any atom is -0.373 e. The van der Waals surface area contributed by atoms with Crippen LogP contribution in [-0.4, -0.2) is 42.3 Å². The summed E-state index contributed by atoms with van der Waals surface area (Å²) in [5.74, 6) is 1.80. The van der Waals surface area contributed by atoms with Crippen molar-refractivity contribution in [2.75, 3.05) is 30.4 Å². The van der Waals surface area contributed by atoms with Crippen LogP contribution in [0.5, 0.6) is 0 Å². The Hall–Kier alpha value is -1.36. The molecule has 0 spiro atoms. The van der Waals surface area contributed by atoms with Gasteiger partial charge in [0, 0.05) is 26.2 Å². The zero-order valence-electron chi connectivity index (χ0n) is 9.97. The Bertz CT molecular complexity index is 348. The molecule has 88 valence electrons. The Kier molecular flexibility index (Phi) is 3.24. The molecule has 2 atom stereocenters. The molecular weight excluding hydrogens is 204 g/mol. The SMILES string of the molecule is CNc1cc(N2CC(C)OC(C)C2)ncn1. The summed E-state index contributed by atoms with van der Waals surface area (Å²) in [6.07, 6.45) is 2.08. The Morgan fingerprint density at radius 1 is 1.31 bits per heavy atom. The Balaban J connectivity index is 2.16. The molecule has 2 unspecified atom stereocenters. The summed E-state index contributed by atoms with van der Waals surface area (Å²) in [5.41, 5.74) is 0. The van der Waals surface area contributed by atoms with Crippen LogP contribution in [0.4, 0.5) is 11.6 Å². The van der Waals surface area contributed by atoms with E-state index >= 15 is 0 Å². The summed E-state index contributed by atoms with van der Waals surface area (Å²) < 4.78 is 5.69. The molecule has 2 rings (SSSR count). The summed E-state index contributed by atoms with van der Waals surface area (Å²) in [4.78, 5) is 10.6. The van der Waals surface area contributed by atoms with Gasteiger partial charge >= 0.3 is 0 Å². The standard InChI is InChI=1S/C11H18N4O/c1-8-5-15(6-9(2)16-8)11-4-10(12-3)13-7-14-11/h4,7-9H,5-6H2,1-3H3,(H,12,13,14). The summed E-state index contributed by atoms with van der Waals surface area (Å²) in [6.45, 7) is 5.93. The number of nitrogens with zero attached hydrogens (tertiary/aromatic N) is 3. The highest BCUT2D eigenvalue weighted by atomic mass is 16.5. The van der Waals surface area contributed by atoms with Crippen LogP contribution >= 0.6 is 0 Å². The molecule has 1 N–H and O–H groups in total. The number of hydrogen-bond donors (Lipinski definition) is 1. The summed E-state index contributed by atoms with van der Waals surface area (Å²) in [5, 5.41) is 3.02. The normalized spacial score (nSPS) is 25.6. The van der Waals surface area contributed by atoms with E-state index in [0.717, 1.165) is 24.7 Å². The van der Waals surface area contributed by atoms with Crippen molar-refractivity contribution in [2.45, 2.75) is 26.1 Å². The molecule has 16 heavy (non-hydrogen) atoms. The number of hydrogen-bond acceptors (Lipinski definition) is 5. The minimum absolute atomic E-state index is 0.247. The van der Waals surface area contributed by atoms with Crippen molar-refractivity contribution < 1.29 is 4.74 Å². The maximum absolute atomic E-state index is 5.69. The molecule has 0 saturated carbocycles. The molecule has 1 fully saturated rings. The van der Waals surface area contributed by atoms with Gasteiger partial charge < -0.3 is 15.0 Å². The van der Waals surface area contributed by atoms with Gasteiger partial charge in [-0.2, -0.15) is 0 Å². The lowest BCUT2D eigenvalue weighted by molar-refractivity contribution is -0.00546. The first kappa shape index (κ1) is 11.1. The molecule has 0 bridgehead atoms. The van der Waals surface area contributed by atoms with Crippen molar-refractivity contribution in [3.8, 4) is 0 Å². The van der Waals surface area contributed by atoms with Crippen molar-refractivity contribution in [1.82, 2.24) is 9.97 Å². The third-order valence-corrected chi connectivity index (χ3v) is 2.65. The number of nitrogens with one attached hydrogen (secondary N) is 1. The second-order valence-corrected chi connectivity index (χ2v) is 4.17. The molecule has 1 aromatic heterocycles. The van der Waals surface area contributed by atoms with Gasteiger partial charge in [0.25, 0.3) is 0 Å². The Morgan fingerprint density at radius 3 is 2.62 bits per heavy atom. The van der Waals surface area contributed by atoms with Crippen LogP contribution in [0.3, 0.4) is 0 Å². The van der Waals surface area contributed by atoms with E-state index in [1.165, 1.54) is 0 Å². The molecule has 5 nitrogen and oxygen atoms in total. The van der Waals surface area contributed by atoms with Crippen LogP contribution in [0, 0.1) is 0 Å². The van der Waals surface area contributed by atoms with Gasteiger partial charge in [0.05, 0.1) is 12.2 Å². The molecule has 0 amide bonds. The number of ether oxygens (including phenoxy) is 1. The largest absolute Gasteiger partial charge is 0.373 e. The summed E-state index contributed by atoms with van der Waals surface area (Å²) >= 11 is 0. The number of rotatable bonds is 2. The monoisotopic (exact) mass is 222 g/mol. The molecule has 1 aliphatic rings. The molecule has 0 aliphatic carbocycles. The van der Waals surface area contributed by atoms with E-state index in [1.807, 2.05) is 13.1 Å². The van der Waals surface area contributed by atoms with Gasteiger partial charge in [-0.1, -0.05) is 0 Å². The highest BCUT2D eigenvalue weighted by molar-refractivity contribution is 5.48. The molecule has 1 saturated heterocycles. The molecule has 0 radical (unpaired) electrons. The third-order valence-electron chi connectivity index (χ3n) is 2.65. The van der Waals surface area contributed by atoms with Crippen LogP contribution < -0.4 is 10.2 Å². The molecule has 1 aliphatic heterocycles. The highest BCUT2D eigenvalue weighted by Gasteiger charge is 2.23. The fourth-order valence-corrected chi connectivity index (χ4v) is 2.02. The van der Waals surface area contributed by atoms with Crippen LogP contribution in [0.1, 0.15) is 13.8 Å². The second-order valence-electron chi connectivity index (χ2n) is 4.17. The first-order valence-electron chi connectivity index (χ1n) is 5.59. The van der Waals surface area contributed by atoms with E-state index in [1.54, 1.807) is 6.33 Å².